The van der Waals surface area contributed by atoms with Gasteiger partial charge in [0.2, 0.25) is 5.96 Å². The summed E-state index contributed by atoms with van der Waals surface area (Å²) in [4.78, 5) is 13.5. The summed E-state index contributed by atoms with van der Waals surface area (Å²) < 4.78 is 0. The van der Waals surface area contributed by atoms with Crippen LogP contribution in [-0.2, 0) is 0 Å². The summed E-state index contributed by atoms with van der Waals surface area (Å²) in [5.41, 5.74) is 3.20. The van der Waals surface area contributed by atoms with Gasteiger partial charge in [-0.3, -0.25) is 0 Å². The van der Waals surface area contributed by atoms with E-state index >= 15 is 0 Å². The van der Waals surface area contributed by atoms with Gasteiger partial charge in [-0.15, -0.1) is 0 Å². The number of hydrogen-bond acceptors (Lipinski definition) is 4. The molecule has 1 aliphatic heterocycles. The number of benzene rings is 1. The molecule has 27 heavy (non-hydrogen) atoms. The first kappa shape index (κ1) is 20.6. The molecule has 6 nitrogen and oxygen atoms in total. The van der Waals surface area contributed by atoms with Crippen molar-refractivity contribution in [3.05, 3.63) is 49.4 Å². The first-order valence-corrected chi connectivity index (χ1v) is 9.34. The fourth-order valence-electron chi connectivity index (χ4n) is 2.93. The maximum absolute atomic E-state index is 4.73. The molecule has 0 unspecified atom stereocenters. The number of nitrogens with one attached hydrogen (secondary N) is 2. The minimum Gasteiger partial charge on any atom is -0.378 e. The average molecular weight is 369 g/mol. The third-order valence-electron chi connectivity index (χ3n) is 4.38. The molecule has 2 rings (SSSR count). The smallest absolute Gasteiger partial charge is 0.222 e. The van der Waals surface area contributed by atoms with Crippen LogP contribution in [0.15, 0.2) is 59.4 Å². The monoisotopic (exact) mass is 368 g/mol. The predicted molar refractivity (Wildman–Crippen MR) is 118 cm³/mol. The van der Waals surface area contributed by atoms with Crippen LogP contribution in [0.4, 0.5) is 11.4 Å². The van der Waals surface area contributed by atoms with E-state index in [1.54, 1.807) is 6.20 Å². The van der Waals surface area contributed by atoms with Crippen molar-refractivity contribution in [1.29, 1.82) is 0 Å². The number of guanidine groups is 1. The molecule has 1 aliphatic rings. The second kappa shape index (κ2) is 9.80. The molecular formula is C21H32N6. The van der Waals surface area contributed by atoms with Crippen LogP contribution in [0.2, 0.25) is 0 Å². The molecule has 1 heterocycles. The Morgan fingerprint density at radius 1 is 1.19 bits per heavy atom. The van der Waals surface area contributed by atoms with Gasteiger partial charge in [-0.05, 0) is 57.2 Å². The van der Waals surface area contributed by atoms with Crippen LogP contribution in [0, 0.1) is 0 Å². The molecule has 0 spiro atoms. The van der Waals surface area contributed by atoms with Gasteiger partial charge in [0.25, 0.3) is 0 Å². The van der Waals surface area contributed by atoms with Crippen LogP contribution in [0.3, 0.4) is 0 Å². The number of anilines is 2. The molecule has 2 N–H and O–H groups in total. The van der Waals surface area contributed by atoms with Crippen molar-refractivity contribution in [1.82, 2.24) is 10.2 Å². The average Bonchev–Trinajstić information content (AvgIpc) is 2.62. The van der Waals surface area contributed by atoms with E-state index in [1.165, 1.54) is 5.69 Å². The molecule has 0 bridgehead atoms. The minimum atomic E-state index is 0.263. The van der Waals surface area contributed by atoms with Gasteiger partial charge >= 0.3 is 0 Å². The van der Waals surface area contributed by atoms with Crippen molar-refractivity contribution in [3.63, 3.8) is 0 Å². The van der Waals surface area contributed by atoms with Gasteiger partial charge in [-0.1, -0.05) is 13.2 Å². The fraction of sp³-hybridized carbons (Fsp3) is 0.429. The summed E-state index contributed by atoms with van der Waals surface area (Å²) in [6.07, 6.45) is 3.56. The lowest BCUT2D eigenvalue weighted by atomic mass is 10.1. The molecule has 0 aliphatic carbocycles. The summed E-state index contributed by atoms with van der Waals surface area (Å²) in [7, 11) is 4.08. The Kier molecular flexibility index (Phi) is 7.46. The van der Waals surface area contributed by atoms with Gasteiger partial charge in [-0.2, -0.15) is 0 Å². The number of hydrogen-bond donors (Lipinski definition) is 2. The zero-order valence-corrected chi connectivity index (χ0v) is 17.0. The zero-order chi connectivity index (χ0) is 19.8. The first-order chi connectivity index (χ1) is 12.9. The van der Waals surface area contributed by atoms with Crippen LogP contribution in [0.1, 0.15) is 26.7 Å². The van der Waals surface area contributed by atoms with Gasteiger partial charge in [-0.25, -0.2) is 9.98 Å². The van der Waals surface area contributed by atoms with Crippen molar-refractivity contribution < 1.29 is 0 Å². The Balaban J connectivity index is 1.89. The molecule has 0 saturated carbocycles. The van der Waals surface area contributed by atoms with Crippen LogP contribution >= 0.6 is 0 Å². The quantitative estimate of drug-likeness (QED) is 0.594. The molecule has 1 fully saturated rings. The van der Waals surface area contributed by atoms with Gasteiger partial charge < -0.3 is 20.4 Å². The van der Waals surface area contributed by atoms with Gasteiger partial charge in [0.1, 0.15) is 0 Å². The van der Waals surface area contributed by atoms with E-state index in [9.17, 15) is 0 Å². The summed E-state index contributed by atoms with van der Waals surface area (Å²) in [5, 5.41) is 6.43. The number of rotatable bonds is 6. The summed E-state index contributed by atoms with van der Waals surface area (Å²) in [6.45, 7) is 13.7. The molecule has 0 amide bonds. The van der Waals surface area contributed by atoms with Crippen molar-refractivity contribution in [2.75, 3.05) is 37.4 Å². The van der Waals surface area contributed by atoms with E-state index in [0.29, 0.717) is 5.96 Å². The Morgan fingerprint density at radius 3 is 2.33 bits per heavy atom. The number of nitrogens with zero attached hydrogens (tertiary/aromatic N) is 4. The highest BCUT2D eigenvalue weighted by Gasteiger charge is 2.20. The zero-order valence-electron chi connectivity index (χ0n) is 17.0. The molecule has 6 heteroatoms. The van der Waals surface area contributed by atoms with Gasteiger partial charge in [0.15, 0.2) is 0 Å². The van der Waals surface area contributed by atoms with E-state index in [0.717, 1.165) is 43.2 Å². The number of aliphatic imine (C=N–C) groups is 2. The standard InChI is InChI=1S/C21H32N6/c1-7-22-21(23-16(2)3)25-19-12-14-27(15-13-19)17(4)24-18-8-10-20(11-9-18)26(5)6/h7-11,19,24H,1,4,12-15H2,2-3,5-6H3,(H,22,25). The summed E-state index contributed by atoms with van der Waals surface area (Å²) in [5.74, 6) is 1.57. The van der Waals surface area contributed by atoms with Crippen LogP contribution < -0.4 is 15.5 Å². The Bertz CT molecular complexity index is 690. The highest BCUT2D eigenvalue weighted by molar-refractivity contribution is 5.95. The molecule has 0 atom stereocenters. The maximum Gasteiger partial charge on any atom is 0.222 e. The number of piperidine rings is 1. The SMILES string of the molecule is C=CNC(N=C(C)C)=NC1CCN(C(=C)Nc2ccc(N(C)C)cc2)CC1. The third kappa shape index (κ3) is 6.47. The minimum absolute atomic E-state index is 0.263. The van der Waals surface area contributed by atoms with E-state index < -0.39 is 0 Å². The van der Waals surface area contributed by atoms with Crippen LogP contribution in [0.25, 0.3) is 0 Å². The van der Waals surface area contributed by atoms with Crippen LogP contribution in [-0.4, -0.2) is 49.8 Å². The second-order valence-corrected chi connectivity index (χ2v) is 7.09. The van der Waals surface area contributed by atoms with E-state index in [-0.39, 0.29) is 6.04 Å². The fourth-order valence-corrected chi connectivity index (χ4v) is 2.93. The molecule has 0 aromatic heterocycles. The lowest BCUT2D eigenvalue weighted by molar-refractivity contribution is 0.268. The normalized spacial score (nSPS) is 15.1. The van der Waals surface area contributed by atoms with E-state index in [1.807, 2.05) is 27.9 Å². The molecular weight excluding hydrogens is 336 g/mol. The van der Waals surface area contributed by atoms with Crippen molar-refractivity contribution >= 4 is 23.0 Å². The van der Waals surface area contributed by atoms with Crippen molar-refractivity contribution in [3.8, 4) is 0 Å². The van der Waals surface area contributed by atoms with Crippen molar-refractivity contribution in [2.24, 2.45) is 9.98 Å². The maximum atomic E-state index is 4.73. The summed E-state index contributed by atoms with van der Waals surface area (Å²) in [6, 6.07) is 8.62. The second-order valence-electron chi connectivity index (χ2n) is 7.09. The molecule has 1 saturated heterocycles. The van der Waals surface area contributed by atoms with E-state index in [2.05, 4.69) is 62.8 Å². The lowest BCUT2D eigenvalue weighted by Crippen LogP contribution is -2.37. The highest BCUT2D eigenvalue weighted by Crippen LogP contribution is 2.21. The van der Waals surface area contributed by atoms with Crippen molar-refractivity contribution in [2.45, 2.75) is 32.7 Å². The predicted octanol–water partition coefficient (Wildman–Crippen LogP) is 3.67. The Morgan fingerprint density at radius 2 is 1.81 bits per heavy atom. The molecule has 1 aromatic carbocycles. The Hall–Kier alpha value is -2.76. The Labute approximate surface area is 163 Å². The topological polar surface area (TPSA) is 55.3 Å². The van der Waals surface area contributed by atoms with Crippen LogP contribution in [0.5, 0.6) is 0 Å². The third-order valence-corrected chi connectivity index (χ3v) is 4.38. The largest absolute Gasteiger partial charge is 0.378 e. The lowest BCUT2D eigenvalue weighted by Gasteiger charge is -2.33. The molecule has 0 radical (unpaired) electrons. The van der Waals surface area contributed by atoms with Gasteiger partial charge in [0.05, 0.1) is 11.9 Å². The first-order valence-electron chi connectivity index (χ1n) is 9.34. The molecule has 1 aromatic rings. The summed E-state index contributed by atoms with van der Waals surface area (Å²) >= 11 is 0. The highest BCUT2D eigenvalue weighted by atomic mass is 15.2. The number of likely N-dealkylation sites (tertiary alicyclic amines) is 1. The van der Waals surface area contributed by atoms with Gasteiger partial charge in [0, 0.05) is 44.3 Å². The molecule has 146 valence electrons. The van der Waals surface area contributed by atoms with E-state index in [4.69, 9.17) is 4.99 Å².